The first-order valence-electron chi connectivity index (χ1n) is 8.67. The van der Waals surface area contributed by atoms with Crippen molar-refractivity contribution in [3.8, 4) is 0 Å². The zero-order valence-electron chi connectivity index (χ0n) is 16.0. The van der Waals surface area contributed by atoms with E-state index in [1.165, 1.54) is 27.2 Å². The highest BCUT2D eigenvalue weighted by Crippen LogP contribution is 2.48. The summed E-state index contributed by atoms with van der Waals surface area (Å²) in [5, 5.41) is 0. The molecule has 1 aromatic heterocycles. The Morgan fingerprint density at radius 3 is 2.48 bits per heavy atom. The Balaban J connectivity index is 2.38. The van der Waals surface area contributed by atoms with Gasteiger partial charge in [0.1, 0.15) is 25.9 Å². The standard InChI is InChI=1S/C16H27N2O8P/c1-9(2)24-8-11-13(26-27(21,22)10(3)4)14(23-5)15(25-11)18-7-6-12(19)17-16(18)20/h6-7,9-11,13-15H,8H2,1-5H3,(H,21,22)(H,17,19,20)/p-1/t11-,13+,14?,15-/m1/s1. The molecule has 1 aliphatic rings. The Morgan fingerprint density at radius 1 is 1.30 bits per heavy atom. The number of aromatic amines is 1. The summed E-state index contributed by atoms with van der Waals surface area (Å²) in [7, 11) is -2.83. The van der Waals surface area contributed by atoms with Gasteiger partial charge in [0.15, 0.2) is 6.23 Å². The third-order valence-corrected chi connectivity index (χ3v) is 5.98. The van der Waals surface area contributed by atoms with Gasteiger partial charge in [-0.2, -0.15) is 0 Å². The number of aromatic nitrogens is 2. The number of hydrogen-bond donors (Lipinski definition) is 1. The Morgan fingerprint density at radius 2 is 1.96 bits per heavy atom. The van der Waals surface area contributed by atoms with E-state index in [0.29, 0.717) is 0 Å². The molecule has 0 aliphatic carbocycles. The van der Waals surface area contributed by atoms with E-state index in [2.05, 4.69) is 4.98 Å². The van der Waals surface area contributed by atoms with Crippen molar-refractivity contribution in [2.45, 2.75) is 64.0 Å². The van der Waals surface area contributed by atoms with E-state index in [0.717, 1.165) is 10.6 Å². The molecular formula is C16H26N2O8P-. The minimum Gasteiger partial charge on any atom is -0.778 e. The summed E-state index contributed by atoms with van der Waals surface area (Å²) in [6, 6.07) is 1.16. The van der Waals surface area contributed by atoms with Gasteiger partial charge in [-0.25, -0.2) is 4.79 Å². The lowest BCUT2D eigenvalue weighted by Gasteiger charge is -2.33. The minimum atomic E-state index is -4.20. The smallest absolute Gasteiger partial charge is 0.330 e. The first kappa shape index (κ1) is 22.0. The molecule has 0 bridgehead atoms. The molecule has 5 atom stereocenters. The van der Waals surface area contributed by atoms with Crippen LogP contribution in [-0.4, -0.2) is 53.3 Å². The first-order valence-corrected chi connectivity index (χ1v) is 10.3. The molecule has 0 amide bonds. The lowest BCUT2D eigenvalue weighted by Crippen LogP contribution is -2.41. The van der Waals surface area contributed by atoms with Gasteiger partial charge in [0.05, 0.1) is 12.7 Å². The highest BCUT2D eigenvalue weighted by Gasteiger charge is 2.48. The molecule has 154 valence electrons. The van der Waals surface area contributed by atoms with E-state index < -0.39 is 49.0 Å². The van der Waals surface area contributed by atoms with Crippen LogP contribution in [0.1, 0.15) is 33.9 Å². The van der Waals surface area contributed by atoms with Crippen LogP contribution in [0.25, 0.3) is 0 Å². The summed E-state index contributed by atoms with van der Waals surface area (Å²) >= 11 is 0. The summed E-state index contributed by atoms with van der Waals surface area (Å²) in [6.45, 7) is 6.73. The summed E-state index contributed by atoms with van der Waals surface area (Å²) in [5.41, 5.74) is -2.00. The van der Waals surface area contributed by atoms with E-state index in [9.17, 15) is 19.0 Å². The van der Waals surface area contributed by atoms with Crippen molar-refractivity contribution < 1.29 is 28.2 Å². The average Bonchev–Trinajstić information content (AvgIpc) is 2.89. The van der Waals surface area contributed by atoms with E-state index in [4.69, 9.17) is 18.7 Å². The quantitative estimate of drug-likeness (QED) is 0.608. The zero-order valence-corrected chi connectivity index (χ0v) is 16.9. The van der Waals surface area contributed by atoms with E-state index >= 15 is 0 Å². The largest absolute Gasteiger partial charge is 0.778 e. The fraction of sp³-hybridized carbons (Fsp3) is 0.750. The zero-order chi connectivity index (χ0) is 20.4. The molecule has 1 fully saturated rings. The average molecular weight is 405 g/mol. The van der Waals surface area contributed by atoms with Crippen molar-refractivity contribution in [1.29, 1.82) is 0 Å². The molecule has 1 aliphatic heterocycles. The number of ether oxygens (including phenoxy) is 3. The predicted octanol–water partition coefficient (Wildman–Crippen LogP) is 0.221. The molecule has 0 aromatic carbocycles. The van der Waals surface area contributed by atoms with Crippen LogP contribution in [0.4, 0.5) is 0 Å². The SMILES string of the molecule is COC1[C@@H](OP(=O)([O-])C(C)C)[C@@H](COC(C)C)O[C@H]1n1ccc(=O)[nH]c1=O. The van der Waals surface area contributed by atoms with Gasteiger partial charge in [0.2, 0.25) is 0 Å². The topological polar surface area (TPSA) is 132 Å². The van der Waals surface area contributed by atoms with Crippen LogP contribution in [0.3, 0.4) is 0 Å². The van der Waals surface area contributed by atoms with Crippen molar-refractivity contribution in [2.24, 2.45) is 0 Å². The number of nitrogens with one attached hydrogen (secondary N) is 1. The van der Waals surface area contributed by atoms with Crippen molar-refractivity contribution in [2.75, 3.05) is 13.7 Å². The molecule has 10 nitrogen and oxygen atoms in total. The Bertz CT molecular complexity index is 789. The fourth-order valence-electron chi connectivity index (χ4n) is 2.65. The van der Waals surface area contributed by atoms with Crippen molar-refractivity contribution in [3.63, 3.8) is 0 Å². The number of H-pyrrole nitrogens is 1. The van der Waals surface area contributed by atoms with Gasteiger partial charge in [-0.05, 0) is 13.8 Å². The molecule has 2 heterocycles. The molecule has 1 aromatic rings. The first-order chi connectivity index (χ1) is 12.6. The van der Waals surface area contributed by atoms with Gasteiger partial charge < -0.3 is 28.2 Å². The summed E-state index contributed by atoms with van der Waals surface area (Å²) < 4.78 is 35.7. The van der Waals surface area contributed by atoms with Gasteiger partial charge >= 0.3 is 5.69 Å². The van der Waals surface area contributed by atoms with Crippen LogP contribution in [0.5, 0.6) is 0 Å². The number of hydrogen-bond acceptors (Lipinski definition) is 8. The highest BCUT2D eigenvalue weighted by atomic mass is 31.2. The lowest BCUT2D eigenvalue weighted by molar-refractivity contribution is -0.209. The van der Waals surface area contributed by atoms with Crippen LogP contribution < -0.4 is 16.1 Å². The second kappa shape index (κ2) is 8.81. The van der Waals surface area contributed by atoms with Gasteiger partial charge in [0.25, 0.3) is 5.56 Å². The van der Waals surface area contributed by atoms with Crippen molar-refractivity contribution in [3.05, 3.63) is 33.1 Å². The van der Waals surface area contributed by atoms with E-state index in [-0.39, 0.29) is 12.7 Å². The number of methoxy groups -OCH3 is 1. The second-order valence-corrected chi connectivity index (χ2v) is 9.19. The van der Waals surface area contributed by atoms with Gasteiger partial charge in [0, 0.05) is 25.0 Å². The van der Waals surface area contributed by atoms with Crippen LogP contribution in [-0.2, 0) is 23.3 Å². The van der Waals surface area contributed by atoms with Crippen LogP contribution in [0.15, 0.2) is 21.9 Å². The van der Waals surface area contributed by atoms with Gasteiger partial charge in [-0.15, -0.1) is 0 Å². The molecule has 0 saturated carbocycles. The van der Waals surface area contributed by atoms with Crippen LogP contribution in [0, 0.1) is 0 Å². The molecule has 1 N–H and O–H groups in total. The summed E-state index contributed by atoms with van der Waals surface area (Å²) in [6.07, 6.45) is -2.55. The maximum atomic E-state index is 12.3. The Hall–Kier alpha value is -1.29. The van der Waals surface area contributed by atoms with Gasteiger partial charge in [-0.1, -0.05) is 13.8 Å². The maximum absolute atomic E-state index is 12.3. The number of nitrogens with zero attached hydrogens (tertiary/aromatic N) is 1. The van der Waals surface area contributed by atoms with Gasteiger partial charge in [-0.3, -0.25) is 14.3 Å². The fourth-order valence-corrected chi connectivity index (χ4v) is 3.49. The third kappa shape index (κ3) is 5.16. The Labute approximate surface area is 156 Å². The normalized spacial score (nSPS) is 28.0. The van der Waals surface area contributed by atoms with Crippen molar-refractivity contribution in [1.82, 2.24) is 9.55 Å². The van der Waals surface area contributed by atoms with Crippen LogP contribution >= 0.6 is 7.60 Å². The second-order valence-electron chi connectivity index (χ2n) is 6.87. The molecule has 0 radical (unpaired) electrons. The minimum absolute atomic E-state index is 0.0505. The van der Waals surface area contributed by atoms with Crippen molar-refractivity contribution >= 4 is 7.60 Å². The van der Waals surface area contributed by atoms with Crippen LogP contribution in [0.2, 0.25) is 0 Å². The number of rotatable bonds is 8. The highest BCUT2D eigenvalue weighted by molar-refractivity contribution is 7.52. The van der Waals surface area contributed by atoms with E-state index in [1.54, 1.807) is 0 Å². The molecule has 0 spiro atoms. The maximum Gasteiger partial charge on any atom is 0.330 e. The Kier molecular flexibility index (Phi) is 7.18. The predicted molar refractivity (Wildman–Crippen MR) is 94.7 cm³/mol. The molecule has 11 heteroatoms. The third-order valence-electron chi connectivity index (χ3n) is 4.18. The molecule has 1 saturated heterocycles. The lowest BCUT2D eigenvalue weighted by atomic mass is 10.1. The van der Waals surface area contributed by atoms with E-state index in [1.807, 2.05) is 13.8 Å². The molecule has 2 unspecified atom stereocenters. The summed E-state index contributed by atoms with van der Waals surface area (Å²) in [5.74, 6) is 0. The molecular weight excluding hydrogens is 379 g/mol. The molecule has 27 heavy (non-hydrogen) atoms. The summed E-state index contributed by atoms with van der Waals surface area (Å²) in [4.78, 5) is 37.9. The molecule has 2 rings (SSSR count). The monoisotopic (exact) mass is 405 g/mol.